The molecule has 0 saturated heterocycles. The maximum Gasteiger partial charge on any atom is 0.437 e. The van der Waals surface area contributed by atoms with Gasteiger partial charge in [0, 0.05) is 17.3 Å². The predicted molar refractivity (Wildman–Crippen MR) is 119 cm³/mol. The normalized spacial score (nSPS) is 10.5. The summed E-state index contributed by atoms with van der Waals surface area (Å²) in [6.45, 7) is -1.13. The van der Waals surface area contributed by atoms with Gasteiger partial charge < -0.3 is 19.2 Å². The number of anilines is 1. The Labute approximate surface area is 192 Å². The first-order valence-corrected chi connectivity index (χ1v) is 10.1. The molecule has 0 fully saturated rings. The summed E-state index contributed by atoms with van der Waals surface area (Å²) in [7, 11) is 0. The smallest absolute Gasteiger partial charge is 0.437 e. The molecule has 172 valence electrons. The second kappa shape index (κ2) is 10.3. The summed E-state index contributed by atoms with van der Waals surface area (Å²) in [6.07, 6.45) is 0. The molecule has 4 aromatic rings. The van der Waals surface area contributed by atoms with Crippen molar-refractivity contribution >= 4 is 17.6 Å². The fraction of sp³-hybridized carbons (Fsp3) is 0.0833. The molecule has 3 aromatic carbocycles. The minimum absolute atomic E-state index is 0.0758. The predicted octanol–water partition coefficient (Wildman–Crippen LogP) is 3.62. The van der Waals surface area contributed by atoms with Gasteiger partial charge >= 0.3 is 11.7 Å². The molecule has 0 saturated carbocycles. The van der Waals surface area contributed by atoms with E-state index < -0.39 is 36.6 Å². The first-order valence-electron chi connectivity index (χ1n) is 10.1. The Hall–Kier alpha value is -4.73. The summed E-state index contributed by atoms with van der Waals surface area (Å²) < 4.78 is 29.4. The Morgan fingerprint density at radius 2 is 1.71 bits per heavy atom. The third-order valence-electron chi connectivity index (χ3n) is 4.44. The number of aromatic nitrogens is 2. The molecule has 0 spiro atoms. The van der Waals surface area contributed by atoms with Gasteiger partial charge in [-0.2, -0.15) is 4.68 Å². The van der Waals surface area contributed by atoms with E-state index in [0.29, 0.717) is 22.7 Å². The number of ether oxygens (including phenoxy) is 2. The quantitative estimate of drug-likeness (QED) is 0.397. The summed E-state index contributed by atoms with van der Waals surface area (Å²) in [4.78, 5) is 36.1. The number of halogens is 1. The Balaban J connectivity index is 1.29. The van der Waals surface area contributed by atoms with E-state index in [0.717, 1.165) is 4.68 Å². The highest BCUT2D eigenvalue weighted by molar-refractivity contribution is 5.92. The van der Waals surface area contributed by atoms with Gasteiger partial charge in [-0.05, 0) is 48.5 Å². The molecule has 0 unspecified atom stereocenters. The molecule has 0 aliphatic rings. The number of hydrogen-bond acceptors (Lipinski definition) is 7. The minimum atomic E-state index is -0.893. The van der Waals surface area contributed by atoms with Gasteiger partial charge in [0.15, 0.2) is 6.61 Å². The molecule has 0 atom stereocenters. The summed E-state index contributed by atoms with van der Waals surface area (Å²) >= 11 is 0. The van der Waals surface area contributed by atoms with Crippen LogP contribution in [-0.2, 0) is 20.9 Å². The summed E-state index contributed by atoms with van der Waals surface area (Å²) in [5.74, 6) is -1.71. The molecule has 0 radical (unpaired) electrons. The number of nitrogens with one attached hydrogen (secondary N) is 1. The Morgan fingerprint density at radius 1 is 0.971 bits per heavy atom. The lowest BCUT2D eigenvalue weighted by atomic mass is 10.2. The maximum atomic E-state index is 13.0. The molecule has 1 amide bonds. The molecule has 0 aliphatic carbocycles. The highest BCUT2D eigenvalue weighted by Crippen LogP contribution is 2.23. The third-order valence-corrected chi connectivity index (χ3v) is 4.44. The topological polar surface area (TPSA) is 113 Å². The van der Waals surface area contributed by atoms with Crippen molar-refractivity contribution in [2.45, 2.75) is 6.54 Å². The third kappa shape index (κ3) is 5.94. The molecule has 4 rings (SSSR count). The van der Waals surface area contributed by atoms with Crippen LogP contribution in [0.3, 0.4) is 0 Å². The zero-order chi connectivity index (χ0) is 23.9. The van der Waals surface area contributed by atoms with Gasteiger partial charge in [0.05, 0.1) is 0 Å². The van der Waals surface area contributed by atoms with Crippen molar-refractivity contribution in [1.29, 1.82) is 0 Å². The average molecular weight is 463 g/mol. The van der Waals surface area contributed by atoms with Gasteiger partial charge in [-0.15, -0.1) is 5.10 Å². The Bertz CT molecular complexity index is 1350. The maximum absolute atomic E-state index is 13.0. The first kappa shape index (κ1) is 22.5. The largest absolute Gasteiger partial charge is 0.457 e. The van der Waals surface area contributed by atoms with Crippen LogP contribution in [0.15, 0.2) is 88.1 Å². The number of esters is 1. The standard InChI is InChI=1S/C24H18FN3O6/c25-17-11-9-16(10-12-17)23-27-28(24(31)34-23)14-22(30)32-15-21(29)26-18-5-4-8-20(13-18)33-19-6-2-1-3-7-19/h1-13H,14-15H2,(H,26,29). The fourth-order valence-corrected chi connectivity index (χ4v) is 2.89. The molecule has 34 heavy (non-hydrogen) atoms. The van der Waals surface area contributed by atoms with Crippen LogP contribution in [0.4, 0.5) is 10.1 Å². The van der Waals surface area contributed by atoms with Gasteiger partial charge in [-0.25, -0.2) is 9.18 Å². The van der Waals surface area contributed by atoms with Gasteiger partial charge in [-0.3, -0.25) is 9.59 Å². The van der Waals surface area contributed by atoms with Crippen LogP contribution in [0.5, 0.6) is 11.5 Å². The number of carbonyl (C=O) groups excluding carboxylic acids is 2. The number of amides is 1. The monoisotopic (exact) mass is 463 g/mol. The first-order chi connectivity index (χ1) is 16.5. The van der Waals surface area contributed by atoms with E-state index in [4.69, 9.17) is 13.9 Å². The molecular weight excluding hydrogens is 445 g/mol. The van der Waals surface area contributed by atoms with Crippen molar-refractivity contribution in [3.63, 3.8) is 0 Å². The molecule has 10 heteroatoms. The number of carbonyl (C=O) groups is 2. The molecule has 0 aliphatic heterocycles. The lowest BCUT2D eigenvalue weighted by molar-refractivity contribution is -0.148. The highest BCUT2D eigenvalue weighted by atomic mass is 19.1. The number of benzene rings is 3. The van der Waals surface area contributed by atoms with Crippen LogP contribution in [0, 0.1) is 5.82 Å². The molecule has 9 nitrogen and oxygen atoms in total. The van der Waals surface area contributed by atoms with Crippen LogP contribution in [0.1, 0.15) is 0 Å². The van der Waals surface area contributed by atoms with E-state index in [1.165, 1.54) is 24.3 Å². The van der Waals surface area contributed by atoms with E-state index >= 15 is 0 Å². The van der Waals surface area contributed by atoms with Crippen molar-refractivity contribution in [1.82, 2.24) is 9.78 Å². The van der Waals surface area contributed by atoms with Gasteiger partial charge in [-0.1, -0.05) is 24.3 Å². The fourth-order valence-electron chi connectivity index (χ4n) is 2.89. The van der Waals surface area contributed by atoms with Crippen molar-refractivity contribution in [3.8, 4) is 23.0 Å². The number of rotatable bonds is 8. The van der Waals surface area contributed by atoms with Gasteiger partial charge in [0.2, 0.25) is 5.89 Å². The van der Waals surface area contributed by atoms with Crippen LogP contribution in [0.25, 0.3) is 11.5 Å². The second-order valence-electron chi connectivity index (χ2n) is 6.99. The van der Waals surface area contributed by atoms with Crippen LogP contribution < -0.4 is 15.8 Å². The minimum Gasteiger partial charge on any atom is -0.457 e. The van der Waals surface area contributed by atoms with Crippen LogP contribution in [-0.4, -0.2) is 28.3 Å². The van der Waals surface area contributed by atoms with Gasteiger partial charge in [0.25, 0.3) is 5.91 Å². The van der Waals surface area contributed by atoms with E-state index in [2.05, 4.69) is 10.4 Å². The number of nitrogens with zero attached hydrogens (tertiary/aromatic N) is 2. The SMILES string of the molecule is O=C(COC(=O)Cn1nc(-c2ccc(F)cc2)oc1=O)Nc1cccc(Oc2ccccc2)c1. The molecule has 1 aromatic heterocycles. The van der Waals surface area contributed by atoms with Gasteiger partial charge in [0.1, 0.15) is 23.9 Å². The van der Waals surface area contributed by atoms with Crippen molar-refractivity contribution in [2.75, 3.05) is 11.9 Å². The lowest BCUT2D eigenvalue weighted by Crippen LogP contribution is -2.26. The van der Waals surface area contributed by atoms with Crippen molar-refractivity contribution in [3.05, 3.63) is 95.2 Å². The van der Waals surface area contributed by atoms with E-state index in [-0.39, 0.29) is 5.89 Å². The van der Waals surface area contributed by atoms with Crippen molar-refractivity contribution < 1.29 is 27.9 Å². The molecule has 0 bridgehead atoms. The number of hydrogen-bond donors (Lipinski definition) is 1. The summed E-state index contributed by atoms with van der Waals surface area (Å²) in [5, 5.41) is 6.49. The average Bonchev–Trinajstić information content (AvgIpc) is 3.19. The second-order valence-corrected chi connectivity index (χ2v) is 6.99. The lowest BCUT2D eigenvalue weighted by Gasteiger charge is -2.09. The van der Waals surface area contributed by atoms with Crippen molar-refractivity contribution in [2.24, 2.45) is 0 Å². The molecular formula is C24H18FN3O6. The zero-order valence-corrected chi connectivity index (χ0v) is 17.6. The van der Waals surface area contributed by atoms with E-state index in [1.807, 2.05) is 18.2 Å². The zero-order valence-electron chi connectivity index (χ0n) is 17.6. The summed E-state index contributed by atoms with van der Waals surface area (Å²) in [5.41, 5.74) is 0.814. The number of para-hydroxylation sites is 1. The van der Waals surface area contributed by atoms with Crippen LogP contribution in [0.2, 0.25) is 0 Å². The van der Waals surface area contributed by atoms with E-state index in [9.17, 15) is 18.8 Å². The Kier molecular flexibility index (Phi) is 6.78. The highest BCUT2D eigenvalue weighted by Gasteiger charge is 2.15. The molecule has 1 N–H and O–H groups in total. The molecule has 1 heterocycles. The van der Waals surface area contributed by atoms with Crippen LogP contribution >= 0.6 is 0 Å². The summed E-state index contributed by atoms with van der Waals surface area (Å²) in [6, 6.07) is 21.0. The van der Waals surface area contributed by atoms with E-state index in [1.54, 1.807) is 36.4 Å². The Morgan fingerprint density at radius 3 is 2.47 bits per heavy atom.